The van der Waals surface area contributed by atoms with E-state index in [2.05, 4.69) is 240 Å². The number of phenols is 1. The predicted octanol–water partition coefficient (Wildman–Crippen LogP) is 20.5. The van der Waals surface area contributed by atoms with Crippen molar-refractivity contribution in [2.24, 2.45) is 5.41 Å². The average Bonchev–Trinajstić information content (AvgIpc) is 1.73. The van der Waals surface area contributed by atoms with Crippen LogP contribution in [0.5, 0.6) is 5.75 Å². The number of esters is 1. The number of aromatic hydroxyl groups is 1. The van der Waals surface area contributed by atoms with E-state index >= 15 is 0 Å². The molecule has 1 unspecified atom stereocenters. The summed E-state index contributed by atoms with van der Waals surface area (Å²) < 4.78 is 6.55. The summed E-state index contributed by atoms with van der Waals surface area (Å²) in [6.07, 6.45) is 7.87. The topological polar surface area (TPSA) is 75.6 Å². The van der Waals surface area contributed by atoms with Crippen molar-refractivity contribution >= 4 is 11.9 Å². The smallest absolute Gasteiger partial charge is 0.306 e. The Morgan fingerprint density at radius 2 is 0.702 bits per heavy atom. The molecule has 0 aliphatic heterocycles. The number of benzene rings is 4. The van der Waals surface area contributed by atoms with E-state index in [4.69, 9.17) is 17.9 Å². The maximum absolute atomic E-state index is 14.4. The summed E-state index contributed by atoms with van der Waals surface area (Å²) in [5.74, 6) is 0.151. The zero-order valence-electron chi connectivity index (χ0n) is 58.7. The molecule has 0 fully saturated rings. The number of ether oxygens (including phenoxy) is 1. The van der Waals surface area contributed by atoms with Crippen molar-refractivity contribution in [3.8, 4) is 5.75 Å². The summed E-state index contributed by atoms with van der Waals surface area (Å²) in [4.78, 5) is 28.8. The van der Waals surface area contributed by atoms with E-state index in [0.29, 0.717) is 50.8 Å². The first kappa shape index (κ1) is 71.6. The molecule has 4 aromatic rings. The van der Waals surface area contributed by atoms with Crippen LogP contribution in [-0.4, -0.2) is 30.1 Å². The van der Waals surface area contributed by atoms with Crippen LogP contribution in [0.3, 0.4) is 0 Å². The molecule has 1 atom stereocenters. The summed E-state index contributed by atoms with van der Waals surface area (Å²) in [5.41, 5.74) is 18.5. The van der Waals surface area contributed by atoms with E-state index in [-0.39, 0.29) is 68.2 Å². The van der Waals surface area contributed by atoms with Crippen LogP contribution in [0.1, 0.15) is 295 Å². The molecule has 84 heavy (non-hydrogen) atoms. The SMILES string of the molecule is C=C(CCc1cc(C(C)(C)C)c(C)c(C(C)(C)C)c1)CCC(CCC(=C)CCc1cc(C(C)(C)C)c(O)c(C(C)(C)C)c1)(CNC(=O)CCc1cc(C(C)(C)C)cc(C(C)(C)C)c1)COC(=O)CCc1cc(C(C)(C)C)c(C)c(C(C)(C)C)c1. The van der Waals surface area contributed by atoms with Crippen LogP contribution in [0.25, 0.3) is 0 Å². The van der Waals surface area contributed by atoms with Crippen LogP contribution in [0, 0.1) is 19.3 Å². The molecule has 0 spiro atoms. The standard InChI is InChI=1S/C79H121NO4/c1-52(29-31-57-43-62(73(11,12)13)54(3)63(44-57)74(14,15)16)37-39-79(50-80-68(81)35-33-56-41-60(71(5,6)7)49-61(42-56)72(8,9)10,40-38-53(2)30-32-58-47-66(77(23,24)25)70(83)67(48-58)78(26,27)28)51-84-69(82)36-34-59-45-64(75(17,18)19)55(4)65(46-59)76(20,21)22/h41-49,83H,1-2,29-40,50-51H2,3-28H3,(H,80,81). The van der Waals surface area contributed by atoms with Gasteiger partial charge in [-0.3, -0.25) is 9.59 Å². The summed E-state index contributed by atoms with van der Waals surface area (Å²) in [7, 11) is 0. The molecule has 1 amide bonds. The third-order valence-corrected chi connectivity index (χ3v) is 17.7. The fourth-order valence-electron chi connectivity index (χ4n) is 12.1. The fraction of sp³-hybridized carbons (Fsp3) is 0.620. The molecule has 4 rings (SSSR count). The highest BCUT2D eigenvalue weighted by molar-refractivity contribution is 5.76. The lowest BCUT2D eigenvalue weighted by molar-refractivity contribution is -0.147. The van der Waals surface area contributed by atoms with Crippen molar-refractivity contribution in [3.63, 3.8) is 0 Å². The average molecular weight is 1150 g/mol. The molecule has 0 aliphatic rings. The van der Waals surface area contributed by atoms with Gasteiger partial charge < -0.3 is 15.2 Å². The number of rotatable bonds is 22. The first-order valence-electron chi connectivity index (χ1n) is 32.1. The van der Waals surface area contributed by atoms with Gasteiger partial charge in [0.2, 0.25) is 5.91 Å². The second-order valence-electron chi connectivity index (χ2n) is 34.0. The summed E-state index contributed by atoms with van der Waals surface area (Å²) in [5, 5.41) is 15.0. The number of nitrogens with one attached hydrogen (secondary N) is 1. The zero-order chi connectivity index (χ0) is 64.1. The van der Waals surface area contributed by atoms with Crippen molar-refractivity contribution in [3.05, 3.63) is 157 Å². The largest absolute Gasteiger partial charge is 0.507 e. The van der Waals surface area contributed by atoms with Gasteiger partial charge in [-0.1, -0.05) is 245 Å². The molecule has 0 saturated heterocycles. The number of hydrogen-bond acceptors (Lipinski definition) is 4. The maximum Gasteiger partial charge on any atom is 0.306 e. The molecule has 2 N–H and O–H groups in total. The lowest BCUT2D eigenvalue weighted by atomic mass is 9.75. The van der Waals surface area contributed by atoms with Gasteiger partial charge in [0, 0.05) is 24.8 Å². The monoisotopic (exact) mass is 1150 g/mol. The number of phenolic OH excluding ortho intramolecular Hbond substituents is 1. The van der Waals surface area contributed by atoms with Crippen molar-refractivity contribution in [1.82, 2.24) is 5.32 Å². The molecule has 4 aromatic carbocycles. The van der Waals surface area contributed by atoms with Gasteiger partial charge in [0.05, 0.1) is 6.61 Å². The van der Waals surface area contributed by atoms with E-state index < -0.39 is 5.41 Å². The second-order valence-corrected chi connectivity index (χ2v) is 34.0. The molecule has 0 aromatic heterocycles. The highest BCUT2D eigenvalue weighted by Crippen LogP contribution is 2.42. The number of carbonyl (C=O) groups is 2. The van der Waals surface area contributed by atoms with Gasteiger partial charge in [0.25, 0.3) is 0 Å². The molecule has 466 valence electrons. The Balaban J connectivity index is 1.75. The Morgan fingerprint density at radius 1 is 0.405 bits per heavy atom. The Kier molecular flexibility index (Phi) is 23.0. The zero-order valence-corrected chi connectivity index (χ0v) is 58.7. The Hall–Kier alpha value is -4.90. The molecule has 0 bridgehead atoms. The van der Waals surface area contributed by atoms with E-state index in [1.807, 2.05) is 0 Å². The molecule has 0 radical (unpaired) electrons. The molecule has 0 heterocycles. The van der Waals surface area contributed by atoms with Gasteiger partial charge in [0.1, 0.15) is 5.75 Å². The van der Waals surface area contributed by atoms with Gasteiger partial charge >= 0.3 is 5.97 Å². The van der Waals surface area contributed by atoms with Crippen LogP contribution < -0.4 is 5.32 Å². The van der Waals surface area contributed by atoms with E-state index in [9.17, 15) is 14.7 Å². The normalized spacial score (nSPS) is 13.9. The Bertz CT molecular complexity index is 2570. The third kappa shape index (κ3) is 20.6. The van der Waals surface area contributed by atoms with Gasteiger partial charge in [0.15, 0.2) is 0 Å². The number of amides is 1. The van der Waals surface area contributed by atoms with Crippen LogP contribution in [0.2, 0.25) is 0 Å². The molecule has 0 saturated carbocycles. The highest BCUT2D eigenvalue weighted by Gasteiger charge is 2.34. The molecular weight excluding hydrogens is 1030 g/mol. The summed E-state index contributed by atoms with van der Waals surface area (Å²) in [6.45, 7) is 68.4. The number of carbonyl (C=O) groups excluding carboxylic acids is 2. The third-order valence-electron chi connectivity index (χ3n) is 17.7. The molecule has 5 nitrogen and oxygen atoms in total. The van der Waals surface area contributed by atoms with Crippen LogP contribution in [-0.2, 0) is 83.3 Å². The van der Waals surface area contributed by atoms with Gasteiger partial charge in [-0.25, -0.2) is 0 Å². The van der Waals surface area contributed by atoms with E-state index in [1.54, 1.807) is 0 Å². The minimum absolute atomic E-state index is 0.00801. The minimum atomic E-state index is -0.606. The van der Waals surface area contributed by atoms with Crippen molar-refractivity contribution < 1.29 is 19.4 Å². The maximum atomic E-state index is 14.4. The van der Waals surface area contributed by atoms with Gasteiger partial charge in [-0.2, -0.15) is 0 Å². The number of hydrogen-bond donors (Lipinski definition) is 2. The second kappa shape index (κ2) is 27.0. The van der Waals surface area contributed by atoms with Crippen molar-refractivity contribution in [1.29, 1.82) is 0 Å². The van der Waals surface area contributed by atoms with E-state index in [0.717, 1.165) is 59.9 Å². The molecule has 5 heteroatoms. The van der Waals surface area contributed by atoms with E-state index in [1.165, 1.54) is 61.2 Å². The Labute approximate surface area is 515 Å². The summed E-state index contributed by atoms with van der Waals surface area (Å²) >= 11 is 0. The van der Waals surface area contributed by atoms with Crippen LogP contribution in [0.15, 0.2) is 78.9 Å². The van der Waals surface area contributed by atoms with Crippen molar-refractivity contribution in [2.45, 2.75) is 300 Å². The predicted molar refractivity (Wildman–Crippen MR) is 363 cm³/mol. The number of aryl methyl sites for hydroxylation is 4. The first-order chi connectivity index (χ1) is 38.0. The lowest BCUT2D eigenvalue weighted by Crippen LogP contribution is -2.41. The quantitative estimate of drug-likeness (QED) is 0.0607. The van der Waals surface area contributed by atoms with Crippen LogP contribution >= 0.6 is 0 Å². The summed E-state index contributed by atoms with van der Waals surface area (Å²) in [6, 6.07) is 20.7. The highest BCUT2D eigenvalue weighted by atomic mass is 16.5. The van der Waals surface area contributed by atoms with Crippen LogP contribution in [0.4, 0.5) is 0 Å². The number of allylic oxidation sites excluding steroid dienone is 2. The fourth-order valence-corrected chi connectivity index (χ4v) is 12.1. The lowest BCUT2D eigenvalue weighted by Gasteiger charge is -2.35. The molecule has 0 aliphatic carbocycles. The minimum Gasteiger partial charge on any atom is -0.507 e. The first-order valence-corrected chi connectivity index (χ1v) is 32.1. The van der Waals surface area contributed by atoms with Crippen molar-refractivity contribution in [2.75, 3.05) is 13.2 Å². The van der Waals surface area contributed by atoms with Gasteiger partial charge in [-0.05, 0) is 199 Å². The van der Waals surface area contributed by atoms with Gasteiger partial charge in [-0.15, -0.1) is 0 Å². The Morgan fingerprint density at radius 3 is 1.02 bits per heavy atom. The molecular formula is C79H121NO4.